The van der Waals surface area contributed by atoms with Crippen molar-refractivity contribution in [3.63, 3.8) is 0 Å². The monoisotopic (exact) mass is 206 g/mol. The Morgan fingerprint density at radius 3 is 2.80 bits per heavy atom. The molecule has 1 rings (SSSR count). The number of nitriles is 1. The zero-order chi connectivity index (χ0) is 11.1. The van der Waals surface area contributed by atoms with Crippen LogP contribution in [-0.2, 0) is 4.74 Å². The minimum atomic E-state index is 0.446. The van der Waals surface area contributed by atoms with Gasteiger partial charge in [0.15, 0.2) is 0 Å². The smallest absolute Gasteiger partial charge is 0.121 e. The van der Waals surface area contributed by atoms with E-state index in [4.69, 9.17) is 20.5 Å². The second-order valence-electron chi connectivity index (χ2n) is 3.06. The van der Waals surface area contributed by atoms with Gasteiger partial charge in [0.05, 0.1) is 17.9 Å². The third kappa shape index (κ3) is 3.49. The molecule has 0 heterocycles. The lowest BCUT2D eigenvalue weighted by atomic mass is 10.2. The number of anilines is 1. The van der Waals surface area contributed by atoms with E-state index in [1.165, 1.54) is 0 Å². The van der Waals surface area contributed by atoms with Crippen LogP contribution in [-0.4, -0.2) is 20.3 Å². The number of nitrogen functional groups attached to an aromatic ring is 1. The maximum absolute atomic E-state index is 8.67. The fraction of sp³-hybridized carbons (Fsp3) is 0.364. The predicted octanol–water partition coefficient (Wildman–Crippen LogP) is 1.56. The minimum absolute atomic E-state index is 0.446. The van der Waals surface area contributed by atoms with Crippen molar-refractivity contribution in [2.24, 2.45) is 0 Å². The number of hydrogen-bond donors (Lipinski definition) is 1. The summed E-state index contributed by atoms with van der Waals surface area (Å²) in [5, 5.41) is 8.67. The average Bonchev–Trinajstić information content (AvgIpc) is 2.25. The first kappa shape index (κ1) is 11.3. The van der Waals surface area contributed by atoms with Gasteiger partial charge in [-0.05, 0) is 12.1 Å². The Kier molecular flexibility index (Phi) is 4.45. The molecule has 1 aromatic rings. The summed E-state index contributed by atoms with van der Waals surface area (Å²) in [6.45, 7) is 1.25. The molecule has 0 aliphatic heterocycles. The Balaban J connectivity index is 2.49. The number of benzene rings is 1. The fourth-order valence-corrected chi connectivity index (χ4v) is 1.13. The van der Waals surface area contributed by atoms with Crippen molar-refractivity contribution in [3.05, 3.63) is 23.8 Å². The molecule has 0 spiro atoms. The van der Waals surface area contributed by atoms with Gasteiger partial charge < -0.3 is 15.2 Å². The molecule has 0 unspecified atom stereocenters. The van der Waals surface area contributed by atoms with Gasteiger partial charge in [-0.3, -0.25) is 0 Å². The quantitative estimate of drug-likeness (QED) is 0.586. The zero-order valence-electron chi connectivity index (χ0n) is 8.69. The summed E-state index contributed by atoms with van der Waals surface area (Å²) >= 11 is 0. The van der Waals surface area contributed by atoms with E-state index in [-0.39, 0.29) is 0 Å². The van der Waals surface area contributed by atoms with Crippen LogP contribution in [0.25, 0.3) is 0 Å². The molecule has 0 aliphatic rings. The van der Waals surface area contributed by atoms with E-state index in [0.717, 1.165) is 6.42 Å². The lowest BCUT2D eigenvalue weighted by Crippen LogP contribution is -2.02. The van der Waals surface area contributed by atoms with E-state index >= 15 is 0 Å². The van der Waals surface area contributed by atoms with Crippen molar-refractivity contribution in [3.8, 4) is 11.8 Å². The molecule has 1 aromatic carbocycles. The van der Waals surface area contributed by atoms with Crippen LogP contribution in [0.3, 0.4) is 0 Å². The van der Waals surface area contributed by atoms with Crippen LogP contribution in [0.1, 0.15) is 12.0 Å². The van der Waals surface area contributed by atoms with Gasteiger partial charge >= 0.3 is 0 Å². The van der Waals surface area contributed by atoms with Gasteiger partial charge in [0.1, 0.15) is 11.8 Å². The Bertz CT molecular complexity index is 358. The highest BCUT2D eigenvalue weighted by molar-refractivity contribution is 5.56. The molecular formula is C11H14N2O2. The predicted molar refractivity (Wildman–Crippen MR) is 57.6 cm³/mol. The molecule has 2 N–H and O–H groups in total. The number of nitrogens with two attached hydrogens (primary N) is 1. The number of rotatable bonds is 5. The summed E-state index contributed by atoms with van der Waals surface area (Å²) < 4.78 is 10.3. The van der Waals surface area contributed by atoms with Crippen LogP contribution in [0.4, 0.5) is 5.69 Å². The van der Waals surface area contributed by atoms with Crippen molar-refractivity contribution in [2.75, 3.05) is 26.1 Å². The lowest BCUT2D eigenvalue weighted by molar-refractivity contribution is 0.172. The van der Waals surface area contributed by atoms with E-state index in [9.17, 15) is 0 Å². The third-order valence-corrected chi connectivity index (χ3v) is 1.91. The van der Waals surface area contributed by atoms with E-state index in [2.05, 4.69) is 0 Å². The molecule has 0 atom stereocenters. The van der Waals surface area contributed by atoms with Gasteiger partial charge in [0.25, 0.3) is 0 Å². The maximum Gasteiger partial charge on any atom is 0.121 e. The van der Waals surface area contributed by atoms with Crippen LogP contribution in [0.2, 0.25) is 0 Å². The fourth-order valence-electron chi connectivity index (χ4n) is 1.13. The number of hydrogen-bond acceptors (Lipinski definition) is 4. The van der Waals surface area contributed by atoms with Crippen LogP contribution < -0.4 is 10.5 Å². The zero-order valence-corrected chi connectivity index (χ0v) is 8.69. The summed E-state index contributed by atoms with van der Waals surface area (Å²) in [7, 11) is 1.65. The topological polar surface area (TPSA) is 68.3 Å². The lowest BCUT2D eigenvalue weighted by Gasteiger charge is -2.06. The molecule has 80 valence electrons. The molecule has 4 heteroatoms. The van der Waals surface area contributed by atoms with Crippen LogP contribution in [0.5, 0.6) is 5.75 Å². The van der Waals surface area contributed by atoms with Gasteiger partial charge in [0, 0.05) is 26.2 Å². The van der Waals surface area contributed by atoms with E-state index in [0.29, 0.717) is 30.2 Å². The molecule has 0 saturated carbocycles. The minimum Gasteiger partial charge on any atom is -0.493 e. The van der Waals surface area contributed by atoms with Crippen LogP contribution >= 0.6 is 0 Å². The molecular weight excluding hydrogens is 192 g/mol. The summed E-state index contributed by atoms with van der Waals surface area (Å²) in [5.41, 5.74) is 6.55. The highest BCUT2D eigenvalue weighted by atomic mass is 16.5. The second-order valence-corrected chi connectivity index (χ2v) is 3.06. The van der Waals surface area contributed by atoms with Crippen molar-refractivity contribution < 1.29 is 9.47 Å². The molecule has 0 amide bonds. The molecule has 4 nitrogen and oxygen atoms in total. The Morgan fingerprint density at radius 1 is 1.40 bits per heavy atom. The maximum atomic E-state index is 8.67. The molecule has 0 aliphatic carbocycles. The van der Waals surface area contributed by atoms with Gasteiger partial charge in [-0.1, -0.05) is 0 Å². The highest BCUT2D eigenvalue weighted by Crippen LogP contribution is 2.19. The average molecular weight is 206 g/mol. The molecule has 0 bridgehead atoms. The van der Waals surface area contributed by atoms with Crippen molar-refractivity contribution in [2.45, 2.75) is 6.42 Å². The van der Waals surface area contributed by atoms with Gasteiger partial charge in [-0.15, -0.1) is 0 Å². The van der Waals surface area contributed by atoms with Gasteiger partial charge in [-0.25, -0.2) is 0 Å². The Hall–Kier alpha value is -1.73. The van der Waals surface area contributed by atoms with E-state index in [1.54, 1.807) is 25.3 Å². The van der Waals surface area contributed by atoms with E-state index in [1.807, 2.05) is 6.07 Å². The second kappa shape index (κ2) is 5.89. The molecule has 15 heavy (non-hydrogen) atoms. The van der Waals surface area contributed by atoms with Gasteiger partial charge in [-0.2, -0.15) is 5.26 Å². The van der Waals surface area contributed by atoms with Crippen molar-refractivity contribution in [1.29, 1.82) is 5.26 Å². The summed E-state index contributed by atoms with van der Waals surface area (Å²) in [6.07, 6.45) is 0.830. The molecule has 0 aromatic heterocycles. The number of methoxy groups -OCH3 is 1. The molecule has 0 saturated heterocycles. The van der Waals surface area contributed by atoms with Crippen molar-refractivity contribution in [1.82, 2.24) is 0 Å². The van der Waals surface area contributed by atoms with Crippen LogP contribution in [0.15, 0.2) is 18.2 Å². The summed E-state index contributed by atoms with van der Waals surface area (Å²) in [4.78, 5) is 0. The normalized spacial score (nSPS) is 9.60. The SMILES string of the molecule is COCCCOc1ccc(C#N)c(N)c1. The molecule has 0 fully saturated rings. The number of ether oxygens (including phenoxy) is 2. The summed E-state index contributed by atoms with van der Waals surface area (Å²) in [6, 6.07) is 7.05. The first-order chi connectivity index (χ1) is 7.27. The standard InChI is InChI=1S/C11H14N2O2/c1-14-5-2-6-15-10-4-3-9(8-12)11(13)7-10/h3-4,7H,2,5-6,13H2,1H3. The number of nitrogens with zero attached hydrogens (tertiary/aromatic N) is 1. The Labute approximate surface area is 89.2 Å². The van der Waals surface area contributed by atoms with Crippen LogP contribution in [0, 0.1) is 11.3 Å². The van der Waals surface area contributed by atoms with E-state index < -0.39 is 0 Å². The molecule has 0 radical (unpaired) electrons. The first-order valence-electron chi connectivity index (χ1n) is 4.69. The highest BCUT2D eigenvalue weighted by Gasteiger charge is 2.00. The van der Waals surface area contributed by atoms with Crippen molar-refractivity contribution >= 4 is 5.69 Å². The third-order valence-electron chi connectivity index (χ3n) is 1.91. The largest absolute Gasteiger partial charge is 0.493 e. The first-order valence-corrected chi connectivity index (χ1v) is 4.69. The Morgan fingerprint density at radius 2 is 2.20 bits per heavy atom. The van der Waals surface area contributed by atoms with Gasteiger partial charge in [0.2, 0.25) is 0 Å². The summed E-state index contributed by atoms with van der Waals surface area (Å²) in [5.74, 6) is 0.683.